The van der Waals surface area contributed by atoms with Gasteiger partial charge in [0.05, 0.1) is 21.8 Å². The van der Waals surface area contributed by atoms with Crippen molar-refractivity contribution in [1.29, 1.82) is 0 Å². The second-order valence-electron chi connectivity index (χ2n) is 6.64. The monoisotopic (exact) mass is 412 g/mol. The molecule has 148 valence electrons. The van der Waals surface area contributed by atoms with Crippen molar-refractivity contribution in [3.05, 3.63) is 95.8 Å². The van der Waals surface area contributed by atoms with Crippen LogP contribution >= 0.6 is 11.8 Å². The number of aryl methyl sites for hydroxylation is 1. The maximum absolute atomic E-state index is 13.2. The average Bonchev–Trinajstić information content (AvgIpc) is 3.10. The van der Waals surface area contributed by atoms with Gasteiger partial charge in [0, 0.05) is 11.4 Å². The van der Waals surface area contributed by atoms with Crippen molar-refractivity contribution in [3.63, 3.8) is 0 Å². The highest BCUT2D eigenvalue weighted by Crippen LogP contribution is 2.41. The Morgan fingerprint density at radius 1 is 0.931 bits per heavy atom. The summed E-state index contributed by atoms with van der Waals surface area (Å²) in [6, 6.07) is 23.7. The number of aromatic nitrogens is 2. The molecule has 0 aliphatic heterocycles. The van der Waals surface area contributed by atoms with E-state index in [4.69, 9.17) is 0 Å². The standard InChI is InChI=1S/C23H19F3N2S/c1-2-28-20-14-13-17(23(24,25)26)15-19(20)27-22(28)21(16-9-5-3-6-10-16)29-18-11-7-4-8-12-18/h3-15,21H,2H2,1H3. The molecule has 2 nitrogen and oxygen atoms in total. The lowest BCUT2D eigenvalue weighted by molar-refractivity contribution is -0.137. The van der Waals surface area contributed by atoms with Crippen LogP contribution < -0.4 is 0 Å². The van der Waals surface area contributed by atoms with Crippen molar-refractivity contribution in [2.45, 2.75) is 29.8 Å². The van der Waals surface area contributed by atoms with E-state index in [2.05, 4.69) is 4.98 Å². The number of thioether (sulfide) groups is 1. The molecule has 0 saturated carbocycles. The van der Waals surface area contributed by atoms with Gasteiger partial charge in [0.15, 0.2) is 0 Å². The lowest BCUT2D eigenvalue weighted by Crippen LogP contribution is -2.07. The van der Waals surface area contributed by atoms with Crippen molar-refractivity contribution in [2.75, 3.05) is 0 Å². The number of hydrogen-bond donors (Lipinski definition) is 0. The molecule has 29 heavy (non-hydrogen) atoms. The maximum Gasteiger partial charge on any atom is 0.416 e. The maximum atomic E-state index is 13.2. The number of alkyl halides is 3. The first-order valence-corrected chi connectivity index (χ1v) is 10.2. The Hall–Kier alpha value is -2.73. The Balaban J connectivity index is 1.87. The van der Waals surface area contributed by atoms with E-state index in [1.54, 1.807) is 11.8 Å². The highest BCUT2D eigenvalue weighted by molar-refractivity contribution is 7.99. The van der Waals surface area contributed by atoms with Crippen LogP contribution in [0.3, 0.4) is 0 Å². The Morgan fingerprint density at radius 3 is 2.21 bits per heavy atom. The van der Waals surface area contributed by atoms with Crippen molar-refractivity contribution in [3.8, 4) is 0 Å². The molecule has 0 saturated heterocycles. The number of fused-ring (bicyclic) bond motifs is 1. The third-order valence-electron chi connectivity index (χ3n) is 4.76. The molecule has 0 N–H and O–H groups in total. The van der Waals surface area contributed by atoms with Gasteiger partial charge in [-0.3, -0.25) is 0 Å². The minimum absolute atomic E-state index is 0.139. The highest BCUT2D eigenvalue weighted by atomic mass is 32.2. The number of benzene rings is 3. The molecular weight excluding hydrogens is 393 g/mol. The summed E-state index contributed by atoms with van der Waals surface area (Å²) in [6.07, 6.45) is -4.39. The van der Waals surface area contributed by atoms with Crippen molar-refractivity contribution >= 4 is 22.8 Å². The van der Waals surface area contributed by atoms with Gasteiger partial charge in [-0.2, -0.15) is 13.2 Å². The summed E-state index contributed by atoms with van der Waals surface area (Å²) in [5, 5.41) is -0.139. The molecule has 3 aromatic carbocycles. The Kier molecular flexibility index (Phi) is 5.37. The fourth-order valence-corrected chi connectivity index (χ4v) is 4.56. The number of hydrogen-bond acceptors (Lipinski definition) is 2. The highest BCUT2D eigenvalue weighted by Gasteiger charge is 2.31. The number of nitrogens with zero attached hydrogens (tertiary/aromatic N) is 2. The zero-order chi connectivity index (χ0) is 20.4. The molecule has 1 aromatic heterocycles. The van der Waals surface area contributed by atoms with E-state index in [9.17, 15) is 13.2 Å². The lowest BCUT2D eigenvalue weighted by atomic mass is 10.1. The van der Waals surface area contributed by atoms with Crippen molar-refractivity contribution in [2.24, 2.45) is 0 Å². The van der Waals surface area contributed by atoms with Gasteiger partial charge >= 0.3 is 6.18 Å². The third-order valence-corrected chi connectivity index (χ3v) is 6.02. The zero-order valence-electron chi connectivity index (χ0n) is 15.7. The quantitative estimate of drug-likeness (QED) is 0.330. The minimum Gasteiger partial charge on any atom is -0.327 e. The van der Waals surface area contributed by atoms with Gasteiger partial charge in [-0.15, -0.1) is 11.8 Å². The first-order valence-electron chi connectivity index (χ1n) is 9.31. The average molecular weight is 412 g/mol. The predicted molar refractivity (Wildman–Crippen MR) is 111 cm³/mol. The summed E-state index contributed by atoms with van der Waals surface area (Å²) in [4.78, 5) is 5.75. The molecule has 0 bridgehead atoms. The topological polar surface area (TPSA) is 17.8 Å². The second kappa shape index (κ2) is 7.95. The van der Waals surface area contributed by atoms with E-state index in [0.29, 0.717) is 17.6 Å². The minimum atomic E-state index is -4.39. The lowest BCUT2D eigenvalue weighted by Gasteiger charge is -2.18. The molecule has 1 unspecified atom stereocenters. The van der Waals surface area contributed by atoms with Crippen molar-refractivity contribution < 1.29 is 13.2 Å². The summed E-state index contributed by atoms with van der Waals surface area (Å²) >= 11 is 1.64. The molecule has 0 radical (unpaired) electrons. The molecule has 4 aromatic rings. The van der Waals surface area contributed by atoms with Gasteiger partial charge in [-0.25, -0.2) is 4.98 Å². The van der Waals surface area contributed by atoms with Gasteiger partial charge in [-0.05, 0) is 42.8 Å². The molecule has 1 atom stereocenters. The van der Waals surface area contributed by atoms with Crippen LogP contribution in [0.15, 0.2) is 83.8 Å². The van der Waals surface area contributed by atoms with Crippen LogP contribution in [-0.4, -0.2) is 9.55 Å². The van der Waals surface area contributed by atoms with E-state index in [-0.39, 0.29) is 5.25 Å². The SMILES string of the molecule is CCn1c(C(Sc2ccccc2)c2ccccc2)nc2cc(C(F)(F)F)ccc21. The fourth-order valence-electron chi connectivity index (χ4n) is 3.39. The first-order chi connectivity index (χ1) is 14.0. The van der Waals surface area contributed by atoms with Crippen LogP contribution in [0.25, 0.3) is 11.0 Å². The number of halogens is 3. The van der Waals surface area contributed by atoms with Crippen LogP contribution in [0.2, 0.25) is 0 Å². The Morgan fingerprint density at radius 2 is 1.59 bits per heavy atom. The first kappa shape index (κ1) is 19.6. The largest absolute Gasteiger partial charge is 0.416 e. The normalized spacial score (nSPS) is 13.0. The van der Waals surface area contributed by atoms with E-state index in [0.717, 1.165) is 28.4 Å². The third kappa shape index (κ3) is 4.03. The molecule has 1 heterocycles. The summed E-state index contributed by atoms with van der Waals surface area (Å²) < 4.78 is 41.5. The van der Waals surface area contributed by atoms with Gasteiger partial charge in [0.1, 0.15) is 5.82 Å². The van der Waals surface area contributed by atoms with Crippen LogP contribution in [0.1, 0.15) is 29.1 Å². The predicted octanol–water partition coefficient (Wildman–Crippen LogP) is 6.96. The van der Waals surface area contributed by atoms with Crippen LogP contribution in [0.4, 0.5) is 13.2 Å². The van der Waals surface area contributed by atoms with E-state index >= 15 is 0 Å². The smallest absolute Gasteiger partial charge is 0.327 e. The number of imidazole rings is 1. The van der Waals surface area contributed by atoms with E-state index in [1.807, 2.05) is 72.2 Å². The summed E-state index contributed by atoms with van der Waals surface area (Å²) in [5.74, 6) is 0.752. The van der Waals surface area contributed by atoms with Crippen LogP contribution in [0.5, 0.6) is 0 Å². The Bertz CT molecular complexity index is 1110. The summed E-state index contributed by atoms with van der Waals surface area (Å²) in [5.41, 5.74) is 1.46. The molecule has 6 heteroatoms. The fraction of sp³-hybridized carbons (Fsp3) is 0.174. The van der Waals surface area contributed by atoms with Gasteiger partial charge < -0.3 is 4.57 Å². The molecule has 0 spiro atoms. The zero-order valence-corrected chi connectivity index (χ0v) is 16.5. The van der Waals surface area contributed by atoms with Gasteiger partial charge in [-0.1, -0.05) is 48.5 Å². The Labute approximate surface area is 171 Å². The van der Waals surface area contributed by atoms with E-state index < -0.39 is 11.7 Å². The molecule has 0 amide bonds. The summed E-state index contributed by atoms with van der Waals surface area (Å²) in [7, 11) is 0. The molecule has 0 aliphatic rings. The number of rotatable bonds is 5. The second-order valence-corrected chi connectivity index (χ2v) is 7.82. The molecular formula is C23H19F3N2S. The molecule has 0 aliphatic carbocycles. The van der Waals surface area contributed by atoms with Crippen molar-refractivity contribution in [1.82, 2.24) is 9.55 Å². The van der Waals surface area contributed by atoms with Gasteiger partial charge in [0.25, 0.3) is 0 Å². The van der Waals surface area contributed by atoms with Gasteiger partial charge in [0.2, 0.25) is 0 Å². The molecule has 4 rings (SSSR count). The molecule has 0 fully saturated rings. The van der Waals surface area contributed by atoms with Crippen LogP contribution in [0, 0.1) is 0 Å². The van der Waals surface area contributed by atoms with E-state index in [1.165, 1.54) is 6.07 Å². The van der Waals surface area contributed by atoms with Crippen LogP contribution in [-0.2, 0) is 12.7 Å². The summed E-state index contributed by atoms with van der Waals surface area (Å²) in [6.45, 7) is 2.60.